The van der Waals surface area contributed by atoms with Crippen LogP contribution in [0.15, 0.2) is 0 Å². The summed E-state index contributed by atoms with van der Waals surface area (Å²) in [6, 6.07) is 0. The Hall–Kier alpha value is -1.86. The molecule has 2 rings (SSSR count). The van der Waals surface area contributed by atoms with Crippen LogP contribution in [-0.4, -0.2) is 67.8 Å². The zero-order chi connectivity index (χ0) is 19.3. The summed E-state index contributed by atoms with van der Waals surface area (Å²) in [4.78, 5) is 30.0. The maximum Gasteiger partial charge on any atom is 0.339 e. The standard InChI is InChI=1S/C19H31N3O4/c1-6-15-16(19(24)25-5)13(4)17(21-15)18(23)20-9-14-11-22(7-8-26-14)10-12(2)3/h12,14,21H,6-11H2,1-5H3,(H,20,23). The van der Waals surface area contributed by atoms with Crippen molar-refractivity contribution < 1.29 is 19.1 Å². The van der Waals surface area contributed by atoms with Gasteiger partial charge in [0.05, 0.1) is 25.4 Å². The lowest BCUT2D eigenvalue weighted by Gasteiger charge is -2.33. The van der Waals surface area contributed by atoms with Crippen LogP contribution in [0, 0.1) is 12.8 Å². The van der Waals surface area contributed by atoms with E-state index in [1.807, 2.05) is 6.92 Å². The Morgan fingerprint density at radius 1 is 1.42 bits per heavy atom. The second kappa shape index (κ2) is 9.19. The minimum Gasteiger partial charge on any atom is -0.465 e. The van der Waals surface area contributed by atoms with Gasteiger partial charge < -0.3 is 19.8 Å². The molecule has 0 radical (unpaired) electrons. The molecule has 1 aliphatic rings. The van der Waals surface area contributed by atoms with Gasteiger partial charge in [-0.05, 0) is 24.8 Å². The maximum atomic E-state index is 12.6. The van der Waals surface area contributed by atoms with Gasteiger partial charge in [-0.1, -0.05) is 20.8 Å². The highest BCUT2D eigenvalue weighted by Crippen LogP contribution is 2.20. The van der Waals surface area contributed by atoms with Crippen molar-refractivity contribution in [2.24, 2.45) is 5.92 Å². The number of aromatic amines is 1. The number of amides is 1. The Balaban J connectivity index is 2.00. The van der Waals surface area contributed by atoms with Gasteiger partial charge in [0, 0.05) is 31.9 Å². The number of nitrogens with one attached hydrogen (secondary N) is 2. The maximum absolute atomic E-state index is 12.6. The molecule has 0 bridgehead atoms. The summed E-state index contributed by atoms with van der Waals surface area (Å²) in [7, 11) is 1.34. The van der Waals surface area contributed by atoms with Crippen molar-refractivity contribution in [3.8, 4) is 0 Å². The number of H-pyrrole nitrogens is 1. The summed E-state index contributed by atoms with van der Waals surface area (Å²) in [5, 5.41) is 2.93. The number of esters is 1. The van der Waals surface area contributed by atoms with Crippen LogP contribution < -0.4 is 5.32 Å². The van der Waals surface area contributed by atoms with Crippen molar-refractivity contribution in [1.82, 2.24) is 15.2 Å². The number of aryl methyl sites for hydroxylation is 1. The monoisotopic (exact) mass is 365 g/mol. The van der Waals surface area contributed by atoms with E-state index in [4.69, 9.17) is 9.47 Å². The topological polar surface area (TPSA) is 83.7 Å². The first-order valence-electron chi connectivity index (χ1n) is 9.29. The molecule has 1 saturated heterocycles. The molecule has 0 aliphatic carbocycles. The molecule has 1 fully saturated rings. The molecule has 7 nitrogen and oxygen atoms in total. The van der Waals surface area contributed by atoms with Crippen LogP contribution in [-0.2, 0) is 15.9 Å². The molecule has 2 heterocycles. The number of rotatable bonds is 7. The van der Waals surface area contributed by atoms with Crippen LogP contribution in [0.5, 0.6) is 0 Å². The Kier molecular flexibility index (Phi) is 7.23. The average Bonchev–Trinajstić information content (AvgIpc) is 2.95. The molecule has 0 aromatic carbocycles. The second-order valence-electron chi connectivity index (χ2n) is 7.18. The van der Waals surface area contributed by atoms with E-state index in [-0.39, 0.29) is 12.0 Å². The summed E-state index contributed by atoms with van der Waals surface area (Å²) >= 11 is 0. The predicted octanol–water partition coefficient (Wildman–Crippen LogP) is 1.76. The van der Waals surface area contributed by atoms with Crippen molar-refractivity contribution >= 4 is 11.9 Å². The van der Waals surface area contributed by atoms with E-state index in [2.05, 4.69) is 29.0 Å². The lowest BCUT2D eigenvalue weighted by Crippen LogP contribution is -2.48. The van der Waals surface area contributed by atoms with Crippen LogP contribution in [0.25, 0.3) is 0 Å². The smallest absolute Gasteiger partial charge is 0.339 e. The van der Waals surface area contributed by atoms with E-state index in [9.17, 15) is 9.59 Å². The molecule has 1 aliphatic heterocycles. The van der Waals surface area contributed by atoms with Crippen LogP contribution >= 0.6 is 0 Å². The third-order valence-electron chi connectivity index (χ3n) is 4.63. The number of morpholine rings is 1. The predicted molar refractivity (Wildman–Crippen MR) is 99.6 cm³/mol. The molecule has 0 spiro atoms. The lowest BCUT2D eigenvalue weighted by atomic mass is 10.1. The van der Waals surface area contributed by atoms with E-state index < -0.39 is 5.97 Å². The van der Waals surface area contributed by atoms with Gasteiger partial charge in [0.15, 0.2) is 0 Å². The Morgan fingerprint density at radius 2 is 2.15 bits per heavy atom. The highest BCUT2D eigenvalue weighted by atomic mass is 16.5. The largest absolute Gasteiger partial charge is 0.465 e. The van der Waals surface area contributed by atoms with Crippen LogP contribution in [0.4, 0.5) is 0 Å². The van der Waals surface area contributed by atoms with E-state index in [0.29, 0.717) is 42.3 Å². The molecule has 2 N–H and O–H groups in total. The molecule has 146 valence electrons. The van der Waals surface area contributed by atoms with Gasteiger partial charge in [-0.15, -0.1) is 0 Å². The van der Waals surface area contributed by atoms with Gasteiger partial charge in [0.25, 0.3) is 5.91 Å². The van der Waals surface area contributed by atoms with Gasteiger partial charge in [-0.2, -0.15) is 0 Å². The van der Waals surface area contributed by atoms with E-state index in [1.54, 1.807) is 6.92 Å². The number of methoxy groups -OCH3 is 1. The second-order valence-corrected chi connectivity index (χ2v) is 7.18. The molecule has 0 saturated carbocycles. The van der Waals surface area contributed by atoms with E-state index in [1.165, 1.54) is 7.11 Å². The highest BCUT2D eigenvalue weighted by molar-refractivity contribution is 6.00. The SMILES string of the molecule is CCc1[nH]c(C(=O)NCC2CN(CC(C)C)CCO2)c(C)c1C(=O)OC. The molecular formula is C19H31N3O4. The Morgan fingerprint density at radius 3 is 2.77 bits per heavy atom. The van der Waals surface area contributed by atoms with Crippen LogP contribution in [0.1, 0.15) is 52.9 Å². The Labute approximate surface area is 155 Å². The van der Waals surface area contributed by atoms with Crippen LogP contribution in [0.2, 0.25) is 0 Å². The van der Waals surface area contributed by atoms with Crippen LogP contribution in [0.3, 0.4) is 0 Å². The number of ether oxygens (including phenoxy) is 2. The minimum absolute atomic E-state index is 0.0209. The van der Waals surface area contributed by atoms with E-state index in [0.717, 1.165) is 25.3 Å². The number of carbonyl (C=O) groups is 2. The fraction of sp³-hybridized carbons (Fsp3) is 0.684. The molecule has 1 aromatic rings. The summed E-state index contributed by atoms with van der Waals surface area (Å²) in [6.07, 6.45) is 0.599. The number of hydrogen-bond acceptors (Lipinski definition) is 5. The van der Waals surface area contributed by atoms with Crippen molar-refractivity contribution in [2.45, 2.75) is 40.2 Å². The van der Waals surface area contributed by atoms with E-state index >= 15 is 0 Å². The first-order valence-corrected chi connectivity index (χ1v) is 9.29. The van der Waals surface area contributed by atoms with Gasteiger partial charge in [0.1, 0.15) is 5.69 Å². The van der Waals surface area contributed by atoms with Gasteiger partial charge >= 0.3 is 5.97 Å². The van der Waals surface area contributed by atoms with Gasteiger partial charge in [-0.3, -0.25) is 9.69 Å². The highest BCUT2D eigenvalue weighted by Gasteiger charge is 2.25. The Bertz CT molecular complexity index is 639. The third kappa shape index (κ3) is 4.86. The summed E-state index contributed by atoms with van der Waals surface area (Å²) in [6.45, 7) is 12.0. The molecule has 7 heteroatoms. The zero-order valence-electron chi connectivity index (χ0n) is 16.5. The number of nitrogens with zero attached hydrogens (tertiary/aromatic N) is 1. The summed E-state index contributed by atoms with van der Waals surface area (Å²) < 4.78 is 10.6. The van der Waals surface area contributed by atoms with Crippen molar-refractivity contribution in [3.63, 3.8) is 0 Å². The molecule has 1 unspecified atom stereocenters. The third-order valence-corrected chi connectivity index (χ3v) is 4.63. The molecule has 1 aromatic heterocycles. The molecule has 1 amide bonds. The minimum atomic E-state index is -0.422. The summed E-state index contributed by atoms with van der Waals surface area (Å²) in [5.41, 5.74) is 2.21. The quantitative estimate of drug-likeness (QED) is 0.720. The number of carbonyl (C=O) groups excluding carboxylic acids is 2. The molecule has 26 heavy (non-hydrogen) atoms. The normalized spacial score (nSPS) is 18.2. The number of aromatic nitrogens is 1. The first-order chi connectivity index (χ1) is 12.4. The summed E-state index contributed by atoms with van der Waals surface area (Å²) in [5.74, 6) is -0.0411. The average molecular weight is 365 g/mol. The molecule has 1 atom stereocenters. The molecular weight excluding hydrogens is 334 g/mol. The van der Waals surface area contributed by atoms with Crippen molar-refractivity contribution in [1.29, 1.82) is 0 Å². The van der Waals surface area contributed by atoms with Crippen molar-refractivity contribution in [2.75, 3.05) is 39.9 Å². The lowest BCUT2D eigenvalue weighted by molar-refractivity contribution is -0.0295. The first kappa shape index (κ1) is 20.5. The zero-order valence-corrected chi connectivity index (χ0v) is 16.5. The van der Waals surface area contributed by atoms with Gasteiger partial charge in [0.2, 0.25) is 0 Å². The number of hydrogen-bond donors (Lipinski definition) is 2. The van der Waals surface area contributed by atoms with Gasteiger partial charge in [-0.25, -0.2) is 4.79 Å². The fourth-order valence-corrected chi connectivity index (χ4v) is 3.41. The fourth-order valence-electron chi connectivity index (χ4n) is 3.41. The van der Waals surface area contributed by atoms with Crippen molar-refractivity contribution in [3.05, 3.63) is 22.5 Å².